The number of nitrogens with two attached hydrogens (primary N) is 1. The number of benzene rings is 1. The first-order valence-corrected chi connectivity index (χ1v) is 5.97. The molecular formula is C13H18N2O2. The molecule has 0 radical (unpaired) electrons. The summed E-state index contributed by atoms with van der Waals surface area (Å²) in [7, 11) is 0. The summed E-state index contributed by atoms with van der Waals surface area (Å²) in [6.45, 7) is 0.551. The van der Waals surface area contributed by atoms with Gasteiger partial charge in [-0.2, -0.15) is 0 Å². The number of hydrogen-bond acceptors (Lipinski definition) is 3. The van der Waals surface area contributed by atoms with Crippen molar-refractivity contribution in [3.63, 3.8) is 0 Å². The monoisotopic (exact) mass is 234 g/mol. The van der Waals surface area contributed by atoms with Gasteiger partial charge in [-0.1, -0.05) is 18.2 Å². The highest BCUT2D eigenvalue weighted by molar-refractivity contribution is 5.77. The lowest BCUT2D eigenvalue weighted by Crippen LogP contribution is -2.43. The Morgan fingerprint density at radius 3 is 2.71 bits per heavy atom. The summed E-state index contributed by atoms with van der Waals surface area (Å²) in [6, 6.07) is 9.43. The molecule has 4 nitrogen and oxygen atoms in total. The first-order valence-electron chi connectivity index (χ1n) is 5.97. The molecule has 0 aliphatic heterocycles. The first-order chi connectivity index (χ1) is 8.29. The van der Waals surface area contributed by atoms with Gasteiger partial charge in [0.25, 0.3) is 5.91 Å². The van der Waals surface area contributed by atoms with E-state index < -0.39 is 0 Å². The molecule has 0 bridgehead atoms. The minimum Gasteiger partial charge on any atom is -0.484 e. The molecule has 1 unspecified atom stereocenters. The van der Waals surface area contributed by atoms with Crippen LogP contribution in [0.15, 0.2) is 30.3 Å². The van der Waals surface area contributed by atoms with Crippen molar-refractivity contribution in [1.29, 1.82) is 0 Å². The van der Waals surface area contributed by atoms with Crippen LogP contribution in [0.1, 0.15) is 12.8 Å². The number of carbonyl (C=O) groups excluding carboxylic acids is 1. The van der Waals surface area contributed by atoms with Crippen molar-refractivity contribution < 1.29 is 9.53 Å². The Morgan fingerprint density at radius 1 is 1.41 bits per heavy atom. The molecule has 1 aliphatic rings. The quantitative estimate of drug-likeness (QED) is 0.769. The van der Waals surface area contributed by atoms with Gasteiger partial charge in [-0.15, -0.1) is 0 Å². The number of amides is 1. The smallest absolute Gasteiger partial charge is 0.258 e. The Morgan fingerprint density at radius 2 is 2.12 bits per heavy atom. The van der Waals surface area contributed by atoms with Crippen LogP contribution < -0.4 is 15.8 Å². The average Bonchev–Trinajstić information content (AvgIpc) is 3.19. The minimum absolute atomic E-state index is 0.0488. The van der Waals surface area contributed by atoms with Crippen molar-refractivity contribution in [3.05, 3.63) is 30.3 Å². The number of rotatable bonds is 6. The van der Waals surface area contributed by atoms with Crippen LogP contribution in [-0.2, 0) is 4.79 Å². The molecule has 3 N–H and O–H groups in total. The van der Waals surface area contributed by atoms with Crippen molar-refractivity contribution >= 4 is 5.91 Å². The Balaban J connectivity index is 1.73. The van der Waals surface area contributed by atoms with Crippen molar-refractivity contribution in [1.82, 2.24) is 5.32 Å². The highest BCUT2D eigenvalue weighted by atomic mass is 16.5. The summed E-state index contributed by atoms with van der Waals surface area (Å²) < 4.78 is 5.36. The normalized spacial score (nSPS) is 16.3. The summed E-state index contributed by atoms with van der Waals surface area (Å²) in [5, 5.41) is 2.91. The summed E-state index contributed by atoms with van der Waals surface area (Å²) in [6.07, 6.45) is 2.34. The summed E-state index contributed by atoms with van der Waals surface area (Å²) >= 11 is 0. The fraction of sp³-hybridized carbons (Fsp3) is 0.462. The second-order valence-electron chi connectivity index (χ2n) is 4.35. The highest BCUT2D eigenvalue weighted by Gasteiger charge is 2.31. The van der Waals surface area contributed by atoms with Gasteiger partial charge in [-0.25, -0.2) is 0 Å². The molecule has 0 aromatic heterocycles. The molecule has 0 heterocycles. The van der Waals surface area contributed by atoms with Gasteiger partial charge in [0.1, 0.15) is 5.75 Å². The number of hydrogen-bond donors (Lipinski definition) is 2. The van der Waals surface area contributed by atoms with Crippen LogP contribution in [0.25, 0.3) is 0 Å². The lowest BCUT2D eigenvalue weighted by Gasteiger charge is -2.16. The van der Waals surface area contributed by atoms with E-state index in [0.29, 0.717) is 18.2 Å². The lowest BCUT2D eigenvalue weighted by molar-refractivity contribution is -0.123. The van der Waals surface area contributed by atoms with Crippen molar-refractivity contribution in [2.45, 2.75) is 18.9 Å². The number of carbonyl (C=O) groups is 1. The van der Waals surface area contributed by atoms with Crippen LogP contribution >= 0.6 is 0 Å². The van der Waals surface area contributed by atoms with Crippen LogP contribution in [0.2, 0.25) is 0 Å². The van der Waals surface area contributed by atoms with E-state index in [2.05, 4.69) is 5.32 Å². The van der Waals surface area contributed by atoms with Gasteiger partial charge < -0.3 is 15.8 Å². The van der Waals surface area contributed by atoms with Crippen LogP contribution in [-0.4, -0.2) is 25.1 Å². The zero-order chi connectivity index (χ0) is 12.1. The topological polar surface area (TPSA) is 64.3 Å². The predicted octanol–water partition coefficient (Wildman–Crippen LogP) is 0.919. The molecule has 2 rings (SSSR count). The minimum atomic E-state index is -0.101. The Hall–Kier alpha value is -1.55. The van der Waals surface area contributed by atoms with Gasteiger partial charge >= 0.3 is 0 Å². The molecule has 0 saturated heterocycles. The van der Waals surface area contributed by atoms with Gasteiger partial charge in [-0.3, -0.25) is 4.79 Å². The van der Waals surface area contributed by atoms with E-state index in [-0.39, 0.29) is 18.6 Å². The van der Waals surface area contributed by atoms with Gasteiger partial charge in [-0.05, 0) is 30.9 Å². The molecule has 1 fully saturated rings. The van der Waals surface area contributed by atoms with Crippen molar-refractivity contribution in [3.8, 4) is 5.75 Å². The van der Waals surface area contributed by atoms with Gasteiger partial charge in [0.15, 0.2) is 6.61 Å². The maximum atomic E-state index is 11.6. The van der Waals surface area contributed by atoms with E-state index in [9.17, 15) is 4.79 Å². The molecule has 1 aromatic rings. The maximum Gasteiger partial charge on any atom is 0.258 e. The van der Waals surface area contributed by atoms with E-state index in [1.807, 2.05) is 30.3 Å². The summed E-state index contributed by atoms with van der Waals surface area (Å²) in [5.41, 5.74) is 5.61. The molecule has 4 heteroatoms. The van der Waals surface area contributed by atoms with E-state index in [0.717, 1.165) is 0 Å². The zero-order valence-electron chi connectivity index (χ0n) is 9.76. The predicted molar refractivity (Wildman–Crippen MR) is 65.6 cm³/mol. The maximum absolute atomic E-state index is 11.6. The van der Waals surface area contributed by atoms with Crippen LogP contribution in [0.5, 0.6) is 5.75 Å². The van der Waals surface area contributed by atoms with Crippen molar-refractivity contribution in [2.75, 3.05) is 13.2 Å². The molecule has 1 atom stereocenters. The molecule has 1 aliphatic carbocycles. The highest BCUT2D eigenvalue weighted by Crippen LogP contribution is 2.32. The van der Waals surface area contributed by atoms with E-state index in [4.69, 9.17) is 10.5 Å². The SMILES string of the molecule is NCC(NC(=O)COc1ccccc1)C1CC1. The van der Waals surface area contributed by atoms with Crippen LogP contribution in [0.3, 0.4) is 0 Å². The fourth-order valence-corrected chi connectivity index (χ4v) is 1.78. The Labute approximate surface area is 101 Å². The molecule has 92 valence electrons. The number of ether oxygens (including phenoxy) is 1. The number of nitrogens with one attached hydrogen (secondary N) is 1. The standard InChI is InChI=1S/C13H18N2O2/c14-8-12(10-6-7-10)15-13(16)9-17-11-4-2-1-3-5-11/h1-5,10,12H,6-9,14H2,(H,15,16). The zero-order valence-corrected chi connectivity index (χ0v) is 9.76. The third-order valence-electron chi connectivity index (χ3n) is 2.90. The van der Waals surface area contributed by atoms with Crippen LogP contribution in [0, 0.1) is 5.92 Å². The van der Waals surface area contributed by atoms with Crippen molar-refractivity contribution in [2.24, 2.45) is 11.7 Å². The lowest BCUT2D eigenvalue weighted by atomic mass is 10.2. The van der Waals surface area contributed by atoms with E-state index >= 15 is 0 Å². The van der Waals surface area contributed by atoms with E-state index in [1.165, 1.54) is 12.8 Å². The Bertz CT molecular complexity index is 363. The molecule has 1 amide bonds. The van der Waals surface area contributed by atoms with Crippen LogP contribution in [0.4, 0.5) is 0 Å². The summed E-state index contributed by atoms with van der Waals surface area (Å²) in [4.78, 5) is 11.6. The molecule has 1 aromatic carbocycles. The largest absolute Gasteiger partial charge is 0.484 e. The second kappa shape index (κ2) is 5.68. The Kier molecular flexibility index (Phi) is 3.98. The molecule has 17 heavy (non-hydrogen) atoms. The van der Waals surface area contributed by atoms with Gasteiger partial charge in [0, 0.05) is 12.6 Å². The fourth-order valence-electron chi connectivity index (χ4n) is 1.78. The molecular weight excluding hydrogens is 216 g/mol. The van der Waals surface area contributed by atoms with Gasteiger partial charge in [0.05, 0.1) is 0 Å². The second-order valence-corrected chi connectivity index (χ2v) is 4.35. The number of para-hydroxylation sites is 1. The average molecular weight is 234 g/mol. The third kappa shape index (κ3) is 3.75. The molecule has 1 saturated carbocycles. The van der Waals surface area contributed by atoms with Gasteiger partial charge in [0.2, 0.25) is 0 Å². The summed E-state index contributed by atoms with van der Waals surface area (Å²) in [5.74, 6) is 1.18. The van der Waals surface area contributed by atoms with E-state index in [1.54, 1.807) is 0 Å². The first kappa shape index (κ1) is 11.9. The third-order valence-corrected chi connectivity index (χ3v) is 2.90. The molecule has 0 spiro atoms.